The monoisotopic (exact) mass is 336 g/mol. The standard InChI is InChI=1S/C19H13FN2O3/c1-24-15(23)10-12-6-7-14-18(16(12)20)25-19(22-14)17-13-5-3-2-4-11(13)8-9-21-17/h2-9H,10H2,1H3. The molecule has 4 rings (SSSR count). The number of hydrogen-bond donors (Lipinski definition) is 0. The Kier molecular flexibility index (Phi) is 3.65. The minimum atomic E-state index is -0.609. The Hall–Kier alpha value is -3.28. The van der Waals surface area contributed by atoms with E-state index in [4.69, 9.17) is 4.42 Å². The fourth-order valence-corrected chi connectivity index (χ4v) is 2.76. The molecule has 0 atom stereocenters. The van der Waals surface area contributed by atoms with Crippen LogP contribution < -0.4 is 0 Å². The number of hydrogen-bond acceptors (Lipinski definition) is 5. The molecule has 2 aromatic heterocycles. The minimum Gasteiger partial charge on any atom is -0.469 e. The summed E-state index contributed by atoms with van der Waals surface area (Å²) in [6, 6.07) is 12.7. The molecule has 0 N–H and O–H groups in total. The van der Waals surface area contributed by atoms with Crippen LogP contribution in [0.15, 0.2) is 53.1 Å². The Labute approximate surface area is 142 Å². The van der Waals surface area contributed by atoms with E-state index in [1.54, 1.807) is 12.3 Å². The summed E-state index contributed by atoms with van der Waals surface area (Å²) < 4.78 is 24.9. The molecule has 0 aliphatic heterocycles. The van der Waals surface area contributed by atoms with Crippen molar-refractivity contribution in [3.05, 3.63) is 60.0 Å². The summed E-state index contributed by atoms with van der Waals surface area (Å²) in [5.74, 6) is -0.892. The van der Waals surface area contributed by atoms with Crippen molar-refractivity contribution in [2.24, 2.45) is 0 Å². The van der Waals surface area contributed by atoms with Gasteiger partial charge >= 0.3 is 5.97 Å². The highest BCUT2D eigenvalue weighted by molar-refractivity contribution is 5.93. The lowest BCUT2D eigenvalue weighted by Crippen LogP contribution is -2.06. The Balaban J connectivity index is 1.86. The van der Waals surface area contributed by atoms with Gasteiger partial charge in [0.25, 0.3) is 0 Å². The number of rotatable bonds is 3. The lowest BCUT2D eigenvalue weighted by Gasteiger charge is -2.01. The van der Waals surface area contributed by atoms with Crippen LogP contribution in [0.3, 0.4) is 0 Å². The quantitative estimate of drug-likeness (QED) is 0.531. The van der Waals surface area contributed by atoms with Gasteiger partial charge in [0.1, 0.15) is 11.2 Å². The van der Waals surface area contributed by atoms with E-state index in [-0.39, 0.29) is 23.5 Å². The van der Waals surface area contributed by atoms with Gasteiger partial charge in [0.15, 0.2) is 11.4 Å². The summed E-state index contributed by atoms with van der Waals surface area (Å²) in [5, 5.41) is 1.85. The van der Waals surface area contributed by atoms with E-state index in [0.29, 0.717) is 11.2 Å². The van der Waals surface area contributed by atoms with Crippen LogP contribution in [-0.2, 0) is 16.0 Å². The second-order valence-corrected chi connectivity index (χ2v) is 5.54. The van der Waals surface area contributed by atoms with Crippen molar-refractivity contribution in [2.75, 3.05) is 7.11 Å². The molecule has 0 amide bonds. The molecule has 0 fully saturated rings. The summed E-state index contributed by atoms with van der Waals surface area (Å²) in [7, 11) is 1.26. The molecular formula is C19H13FN2O3. The second kappa shape index (κ2) is 5.98. The maximum Gasteiger partial charge on any atom is 0.310 e. The van der Waals surface area contributed by atoms with Crippen molar-refractivity contribution >= 4 is 27.8 Å². The summed E-state index contributed by atoms with van der Waals surface area (Å²) >= 11 is 0. The molecule has 0 radical (unpaired) electrons. The maximum absolute atomic E-state index is 14.6. The van der Waals surface area contributed by atoms with Gasteiger partial charge in [-0.25, -0.2) is 9.37 Å². The van der Waals surface area contributed by atoms with Crippen LogP contribution in [0.2, 0.25) is 0 Å². The highest BCUT2D eigenvalue weighted by atomic mass is 19.1. The van der Waals surface area contributed by atoms with Crippen molar-refractivity contribution in [1.29, 1.82) is 0 Å². The molecule has 0 aliphatic carbocycles. The zero-order valence-electron chi connectivity index (χ0n) is 13.3. The normalized spacial score (nSPS) is 11.1. The van der Waals surface area contributed by atoms with E-state index in [9.17, 15) is 9.18 Å². The third-order valence-electron chi connectivity index (χ3n) is 4.02. The first-order chi connectivity index (χ1) is 12.2. The van der Waals surface area contributed by atoms with Gasteiger partial charge in [0.2, 0.25) is 5.89 Å². The third kappa shape index (κ3) is 2.61. The van der Waals surface area contributed by atoms with Crippen molar-refractivity contribution < 1.29 is 18.3 Å². The second-order valence-electron chi connectivity index (χ2n) is 5.54. The Morgan fingerprint density at radius 2 is 2.04 bits per heavy atom. The van der Waals surface area contributed by atoms with Gasteiger partial charge in [-0.2, -0.15) is 0 Å². The first kappa shape index (κ1) is 15.3. The molecular weight excluding hydrogens is 323 g/mol. The number of oxazole rings is 1. The SMILES string of the molecule is COC(=O)Cc1ccc2nc(-c3nccc4ccccc34)oc2c1F. The largest absolute Gasteiger partial charge is 0.469 e. The lowest BCUT2D eigenvalue weighted by atomic mass is 10.1. The first-order valence-corrected chi connectivity index (χ1v) is 7.66. The van der Waals surface area contributed by atoms with Crippen LogP contribution in [0.5, 0.6) is 0 Å². The molecule has 2 heterocycles. The maximum atomic E-state index is 14.6. The number of halogens is 1. The number of aromatic nitrogens is 2. The number of methoxy groups -OCH3 is 1. The third-order valence-corrected chi connectivity index (χ3v) is 4.02. The summed E-state index contributed by atoms with van der Waals surface area (Å²) in [4.78, 5) is 20.1. The van der Waals surface area contributed by atoms with Crippen LogP contribution in [0, 0.1) is 5.82 Å². The average molecular weight is 336 g/mol. The van der Waals surface area contributed by atoms with Gasteiger partial charge in [0.05, 0.1) is 13.5 Å². The number of pyridine rings is 1. The zero-order valence-corrected chi connectivity index (χ0v) is 13.3. The van der Waals surface area contributed by atoms with Gasteiger partial charge in [-0.3, -0.25) is 9.78 Å². The zero-order chi connectivity index (χ0) is 17.4. The average Bonchev–Trinajstić information content (AvgIpc) is 3.08. The van der Waals surface area contributed by atoms with Crippen LogP contribution in [0.1, 0.15) is 5.56 Å². The number of benzene rings is 2. The number of carbonyl (C=O) groups excluding carboxylic acids is 1. The summed E-state index contributed by atoms with van der Waals surface area (Å²) in [5.41, 5.74) is 1.12. The molecule has 6 heteroatoms. The van der Waals surface area contributed by atoms with Gasteiger partial charge in [0, 0.05) is 17.1 Å². The van der Waals surface area contributed by atoms with E-state index < -0.39 is 11.8 Å². The number of ether oxygens (including phenoxy) is 1. The minimum absolute atomic E-state index is 0.00568. The molecule has 25 heavy (non-hydrogen) atoms. The van der Waals surface area contributed by atoms with Crippen LogP contribution in [0.4, 0.5) is 4.39 Å². The van der Waals surface area contributed by atoms with E-state index in [0.717, 1.165) is 10.8 Å². The summed E-state index contributed by atoms with van der Waals surface area (Å²) in [6.45, 7) is 0. The smallest absolute Gasteiger partial charge is 0.310 e. The van der Waals surface area contributed by atoms with Crippen LogP contribution in [-0.4, -0.2) is 23.0 Å². The topological polar surface area (TPSA) is 65.2 Å². The molecule has 4 aromatic rings. The molecule has 0 aliphatic rings. The highest BCUT2D eigenvalue weighted by Crippen LogP contribution is 2.30. The molecule has 2 aromatic carbocycles. The molecule has 0 saturated heterocycles. The number of carbonyl (C=O) groups is 1. The van der Waals surface area contributed by atoms with Gasteiger partial charge < -0.3 is 9.15 Å². The molecule has 0 unspecified atom stereocenters. The molecule has 5 nitrogen and oxygen atoms in total. The Morgan fingerprint density at radius 1 is 1.20 bits per heavy atom. The van der Waals surface area contributed by atoms with Gasteiger partial charge in [-0.15, -0.1) is 0 Å². The number of esters is 1. The van der Waals surface area contributed by atoms with Crippen molar-refractivity contribution in [3.63, 3.8) is 0 Å². The van der Waals surface area contributed by atoms with E-state index >= 15 is 0 Å². The van der Waals surface area contributed by atoms with Gasteiger partial charge in [-0.1, -0.05) is 30.3 Å². The Bertz CT molecular complexity index is 1100. The number of nitrogens with zero attached hydrogens (tertiary/aromatic N) is 2. The number of fused-ring (bicyclic) bond motifs is 2. The van der Waals surface area contributed by atoms with E-state index in [1.165, 1.54) is 13.2 Å². The van der Waals surface area contributed by atoms with E-state index in [2.05, 4.69) is 14.7 Å². The molecule has 0 saturated carbocycles. The summed E-state index contributed by atoms with van der Waals surface area (Å²) in [6.07, 6.45) is 1.49. The fraction of sp³-hybridized carbons (Fsp3) is 0.105. The van der Waals surface area contributed by atoms with Crippen molar-refractivity contribution in [2.45, 2.75) is 6.42 Å². The van der Waals surface area contributed by atoms with Crippen LogP contribution in [0.25, 0.3) is 33.5 Å². The Morgan fingerprint density at radius 3 is 2.88 bits per heavy atom. The molecule has 0 bridgehead atoms. The van der Waals surface area contributed by atoms with Gasteiger partial charge in [-0.05, 0) is 17.5 Å². The molecule has 0 spiro atoms. The predicted molar refractivity (Wildman–Crippen MR) is 90.4 cm³/mol. The first-order valence-electron chi connectivity index (χ1n) is 7.66. The van der Waals surface area contributed by atoms with Crippen molar-refractivity contribution in [1.82, 2.24) is 9.97 Å². The predicted octanol–water partition coefficient (Wildman–Crippen LogP) is 3.90. The molecule has 124 valence electrons. The lowest BCUT2D eigenvalue weighted by molar-refractivity contribution is -0.139. The fourth-order valence-electron chi connectivity index (χ4n) is 2.76. The van der Waals surface area contributed by atoms with Crippen LogP contribution >= 0.6 is 0 Å². The highest BCUT2D eigenvalue weighted by Gasteiger charge is 2.18. The van der Waals surface area contributed by atoms with Crippen molar-refractivity contribution in [3.8, 4) is 11.6 Å². The van der Waals surface area contributed by atoms with E-state index in [1.807, 2.05) is 30.3 Å².